The molecule has 0 aliphatic heterocycles. The van der Waals surface area contributed by atoms with Crippen molar-refractivity contribution in [2.45, 2.75) is 13.8 Å². The lowest BCUT2D eigenvalue weighted by molar-refractivity contribution is 0.217. The molecule has 0 aliphatic carbocycles. The summed E-state index contributed by atoms with van der Waals surface area (Å²) in [6.45, 7) is 5.27. The first-order valence-electron chi connectivity index (χ1n) is 5.51. The van der Waals surface area contributed by atoms with E-state index in [0.29, 0.717) is 24.5 Å². The van der Waals surface area contributed by atoms with E-state index >= 15 is 0 Å². The van der Waals surface area contributed by atoms with Gasteiger partial charge in [0, 0.05) is 29.3 Å². The Morgan fingerprint density at radius 3 is 2.53 bits per heavy atom. The van der Waals surface area contributed by atoms with Gasteiger partial charge in [-0.05, 0) is 26.0 Å². The summed E-state index contributed by atoms with van der Waals surface area (Å²) in [7, 11) is 1.60. The lowest BCUT2D eigenvalue weighted by Gasteiger charge is -2.19. The molecular formula is C12H17BrN2O2. The van der Waals surface area contributed by atoms with Gasteiger partial charge in [0.1, 0.15) is 5.75 Å². The molecule has 1 aromatic rings. The van der Waals surface area contributed by atoms with Crippen molar-refractivity contribution in [3.8, 4) is 5.75 Å². The van der Waals surface area contributed by atoms with Gasteiger partial charge in [-0.2, -0.15) is 0 Å². The standard InChI is InChI=1S/C12H17BrN2O2/c1-4-15(5-2)12(16)14-10-6-9(13)7-11(8-10)17-3/h6-8H,4-5H2,1-3H3,(H,14,16). The number of carbonyl (C=O) groups excluding carboxylic acids is 1. The van der Waals surface area contributed by atoms with Gasteiger partial charge in [-0.25, -0.2) is 4.79 Å². The molecule has 0 aliphatic rings. The Bertz CT molecular complexity index is 392. The minimum absolute atomic E-state index is 0.102. The first-order chi connectivity index (χ1) is 8.10. The van der Waals surface area contributed by atoms with Crippen LogP contribution in [0.25, 0.3) is 0 Å². The molecule has 0 atom stereocenters. The predicted octanol–water partition coefficient (Wildman–Crippen LogP) is 3.33. The van der Waals surface area contributed by atoms with E-state index in [1.165, 1.54) is 0 Å². The van der Waals surface area contributed by atoms with E-state index < -0.39 is 0 Å². The Hall–Kier alpha value is -1.23. The van der Waals surface area contributed by atoms with Crippen LogP contribution in [0, 0.1) is 0 Å². The van der Waals surface area contributed by atoms with E-state index in [4.69, 9.17) is 4.74 Å². The second-order valence-corrected chi connectivity index (χ2v) is 4.40. The van der Waals surface area contributed by atoms with Crippen molar-refractivity contribution in [3.63, 3.8) is 0 Å². The summed E-state index contributed by atoms with van der Waals surface area (Å²) in [5, 5.41) is 2.84. The summed E-state index contributed by atoms with van der Waals surface area (Å²) in [4.78, 5) is 13.6. The molecule has 0 spiro atoms. The zero-order chi connectivity index (χ0) is 12.8. The van der Waals surface area contributed by atoms with Crippen LogP contribution in [0.15, 0.2) is 22.7 Å². The summed E-state index contributed by atoms with van der Waals surface area (Å²) in [6.07, 6.45) is 0. The highest BCUT2D eigenvalue weighted by atomic mass is 79.9. The number of benzene rings is 1. The average Bonchev–Trinajstić information content (AvgIpc) is 2.29. The van der Waals surface area contributed by atoms with Crippen molar-refractivity contribution < 1.29 is 9.53 Å². The minimum atomic E-state index is -0.102. The van der Waals surface area contributed by atoms with Gasteiger partial charge in [0.2, 0.25) is 0 Å². The number of nitrogens with one attached hydrogen (secondary N) is 1. The summed E-state index contributed by atoms with van der Waals surface area (Å²) < 4.78 is 6.00. The van der Waals surface area contributed by atoms with Crippen LogP contribution in [0.4, 0.5) is 10.5 Å². The van der Waals surface area contributed by atoms with Gasteiger partial charge in [-0.15, -0.1) is 0 Å². The van der Waals surface area contributed by atoms with E-state index in [-0.39, 0.29) is 6.03 Å². The highest BCUT2D eigenvalue weighted by molar-refractivity contribution is 9.10. The molecule has 4 nitrogen and oxygen atoms in total. The molecule has 0 fully saturated rings. The maximum atomic E-state index is 11.8. The van der Waals surface area contributed by atoms with E-state index in [0.717, 1.165) is 4.47 Å². The second kappa shape index (κ2) is 6.49. The minimum Gasteiger partial charge on any atom is -0.497 e. The van der Waals surface area contributed by atoms with Crippen molar-refractivity contribution >= 4 is 27.6 Å². The van der Waals surface area contributed by atoms with Crippen LogP contribution in [0.3, 0.4) is 0 Å². The van der Waals surface area contributed by atoms with Crippen LogP contribution in [0.1, 0.15) is 13.8 Å². The Balaban J connectivity index is 2.80. The highest BCUT2D eigenvalue weighted by Gasteiger charge is 2.10. The lowest BCUT2D eigenvalue weighted by atomic mass is 10.3. The Morgan fingerprint density at radius 1 is 1.35 bits per heavy atom. The molecule has 1 aromatic carbocycles. The number of carbonyl (C=O) groups is 1. The fourth-order valence-electron chi connectivity index (χ4n) is 1.47. The smallest absolute Gasteiger partial charge is 0.321 e. The lowest BCUT2D eigenvalue weighted by Crippen LogP contribution is -2.34. The normalized spacial score (nSPS) is 9.88. The summed E-state index contributed by atoms with van der Waals surface area (Å²) in [5.41, 5.74) is 0.716. The predicted molar refractivity (Wildman–Crippen MR) is 72.6 cm³/mol. The molecule has 17 heavy (non-hydrogen) atoms. The zero-order valence-electron chi connectivity index (χ0n) is 10.3. The maximum absolute atomic E-state index is 11.8. The fourth-order valence-corrected chi connectivity index (χ4v) is 1.94. The van der Waals surface area contributed by atoms with Crippen molar-refractivity contribution in [1.82, 2.24) is 4.90 Å². The van der Waals surface area contributed by atoms with Crippen LogP contribution in [-0.4, -0.2) is 31.1 Å². The van der Waals surface area contributed by atoms with Crippen molar-refractivity contribution in [2.24, 2.45) is 0 Å². The van der Waals surface area contributed by atoms with E-state index in [2.05, 4.69) is 21.2 Å². The largest absolute Gasteiger partial charge is 0.497 e. The molecule has 0 unspecified atom stereocenters. The molecule has 0 radical (unpaired) electrons. The van der Waals surface area contributed by atoms with Gasteiger partial charge in [-0.3, -0.25) is 0 Å². The molecule has 0 saturated heterocycles. The molecule has 1 N–H and O–H groups in total. The van der Waals surface area contributed by atoms with Gasteiger partial charge < -0.3 is 15.0 Å². The van der Waals surface area contributed by atoms with Gasteiger partial charge in [0.15, 0.2) is 0 Å². The number of nitrogens with zero attached hydrogens (tertiary/aromatic N) is 1. The van der Waals surface area contributed by atoms with Gasteiger partial charge in [-0.1, -0.05) is 15.9 Å². The Morgan fingerprint density at radius 2 is 2.00 bits per heavy atom. The van der Waals surface area contributed by atoms with Crippen molar-refractivity contribution in [3.05, 3.63) is 22.7 Å². The molecule has 0 bridgehead atoms. The molecule has 2 amide bonds. The maximum Gasteiger partial charge on any atom is 0.321 e. The third kappa shape index (κ3) is 3.93. The van der Waals surface area contributed by atoms with Gasteiger partial charge in [0.25, 0.3) is 0 Å². The van der Waals surface area contributed by atoms with Crippen molar-refractivity contribution in [1.29, 1.82) is 0 Å². The molecule has 0 saturated carbocycles. The molecule has 5 heteroatoms. The molecule has 94 valence electrons. The number of hydrogen-bond donors (Lipinski definition) is 1. The zero-order valence-corrected chi connectivity index (χ0v) is 11.9. The third-order valence-corrected chi connectivity index (χ3v) is 2.87. The topological polar surface area (TPSA) is 41.6 Å². The number of halogens is 1. The molecule has 0 aromatic heterocycles. The van der Waals surface area contributed by atoms with E-state index in [1.807, 2.05) is 26.0 Å². The quantitative estimate of drug-likeness (QED) is 0.927. The molecular weight excluding hydrogens is 284 g/mol. The number of amides is 2. The first kappa shape index (κ1) is 13.8. The highest BCUT2D eigenvalue weighted by Crippen LogP contribution is 2.24. The summed E-state index contributed by atoms with van der Waals surface area (Å²) in [5.74, 6) is 0.703. The van der Waals surface area contributed by atoms with Crippen LogP contribution < -0.4 is 10.1 Å². The van der Waals surface area contributed by atoms with Crippen LogP contribution >= 0.6 is 15.9 Å². The van der Waals surface area contributed by atoms with Gasteiger partial charge in [0.05, 0.1) is 7.11 Å². The van der Waals surface area contributed by atoms with Crippen molar-refractivity contribution in [2.75, 3.05) is 25.5 Å². The van der Waals surface area contributed by atoms with E-state index in [1.54, 1.807) is 18.1 Å². The summed E-state index contributed by atoms with van der Waals surface area (Å²) >= 11 is 3.37. The number of urea groups is 1. The number of rotatable bonds is 4. The van der Waals surface area contributed by atoms with Gasteiger partial charge >= 0.3 is 6.03 Å². The Labute approximate surface area is 110 Å². The second-order valence-electron chi connectivity index (χ2n) is 3.48. The van der Waals surface area contributed by atoms with E-state index in [9.17, 15) is 4.79 Å². The number of ether oxygens (including phenoxy) is 1. The SMILES string of the molecule is CCN(CC)C(=O)Nc1cc(Br)cc(OC)c1. The number of methoxy groups -OCH3 is 1. The summed E-state index contributed by atoms with van der Waals surface area (Å²) in [6, 6.07) is 5.36. The number of hydrogen-bond acceptors (Lipinski definition) is 2. The van der Waals surface area contributed by atoms with Crippen LogP contribution in [-0.2, 0) is 0 Å². The fraction of sp³-hybridized carbons (Fsp3) is 0.417. The van der Waals surface area contributed by atoms with Crippen LogP contribution in [0.2, 0.25) is 0 Å². The first-order valence-corrected chi connectivity index (χ1v) is 6.30. The monoisotopic (exact) mass is 300 g/mol. The third-order valence-electron chi connectivity index (χ3n) is 2.41. The molecule has 1 rings (SSSR count). The van der Waals surface area contributed by atoms with Crippen LogP contribution in [0.5, 0.6) is 5.75 Å². The molecule has 0 heterocycles. The Kier molecular flexibility index (Phi) is 5.28. The number of anilines is 1. The average molecular weight is 301 g/mol.